The van der Waals surface area contributed by atoms with E-state index < -0.39 is 10.0 Å². The van der Waals surface area contributed by atoms with Gasteiger partial charge in [-0.25, -0.2) is 18.5 Å². The second kappa shape index (κ2) is 7.74. The second-order valence-corrected chi connectivity index (χ2v) is 8.37. The topological polar surface area (TPSA) is 111 Å². The van der Waals surface area contributed by atoms with Gasteiger partial charge in [0, 0.05) is 29.1 Å². The summed E-state index contributed by atoms with van der Waals surface area (Å²) in [6.45, 7) is 1.97. The molecule has 0 unspecified atom stereocenters. The van der Waals surface area contributed by atoms with Gasteiger partial charge in [-0.05, 0) is 41.8 Å². The lowest BCUT2D eigenvalue weighted by atomic mass is 9.97. The number of aryl methyl sites for hydroxylation is 1. The number of aromatic amines is 1. The van der Waals surface area contributed by atoms with E-state index in [-0.39, 0.29) is 4.90 Å². The van der Waals surface area contributed by atoms with Crippen LogP contribution in [-0.2, 0) is 10.0 Å². The first-order valence-electron chi connectivity index (χ1n) is 9.16. The zero-order valence-electron chi connectivity index (χ0n) is 16.5. The quantitative estimate of drug-likeness (QED) is 0.510. The van der Waals surface area contributed by atoms with Gasteiger partial charge in [-0.3, -0.25) is 5.10 Å². The van der Waals surface area contributed by atoms with Gasteiger partial charge in [0.1, 0.15) is 5.69 Å². The Balaban J connectivity index is 1.73. The molecule has 0 radical (unpaired) electrons. The van der Waals surface area contributed by atoms with Crippen LogP contribution in [0.4, 0.5) is 0 Å². The first-order valence-corrected chi connectivity index (χ1v) is 10.7. The minimum Gasteiger partial charge on any atom is -0.481 e. The summed E-state index contributed by atoms with van der Waals surface area (Å²) < 4.78 is 28.5. The minimum absolute atomic E-state index is 0.0867. The molecule has 2 aromatic heterocycles. The van der Waals surface area contributed by atoms with Crippen LogP contribution in [0.3, 0.4) is 0 Å². The molecule has 0 aliphatic rings. The number of pyridine rings is 1. The molecular formula is C22H20N4O3S. The van der Waals surface area contributed by atoms with Crippen molar-refractivity contribution in [3.63, 3.8) is 0 Å². The molecule has 7 nitrogen and oxygen atoms in total. The van der Waals surface area contributed by atoms with E-state index in [0.29, 0.717) is 5.88 Å². The Morgan fingerprint density at radius 2 is 1.67 bits per heavy atom. The Morgan fingerprint density at radius 3 is 2.37 bits per heavy atom. The number of hydrogen-bond donors (Lipinski definition) is 2. The molecule has 0 saturated heterocycles. The minimum atomic E-state index is -3.75. The first kappa shape index (κ1) is 19.8. The SMILES string of the molecule is COc1cc(-c2n[nH]c(C)c2-c2ccc(-c3cccc(S(N)(=O)=O)c3)cc2)ccn1. The molecular weight excluding hydrogens is 400 g/mol. The number of ether oxygens (including phenoxy) is 1. The highest BCUT2D eigenvalue weighted by molar-refractivity contribution is 7.89. The van der Waals surface area contributed by atoms with Crippen molar-refractivity contribution >= 4 is 10.0 Å². The predicted molar refractivity (Wildman–Crippen MR) is 115 cm³/mol. The summed E-state index contributed by atoms with van der Waals surface area (Å²) in [5.41, 5.74) is 6.26. The highest BCUT2D eigenvalue weighted by Crippen LogP contribution is 2.35. The molecule has 0 atom stereocenters. The number of hydrogen-bond acceptors (Lipinski definition) is 5. The summed E-state index contributed by atoms with van der Waals surface area (Å²) in [4.78, 5) is 4.24. The summed E-state index contributed by atoms with van der Waals surface area (Å²) in [7, 11) is -2.18. The van der Waals surface area contributed by atoms with E-state index in [2.05, 4.69) is 15.2 Å². The van der Waals surface area contributed by atoms with E-state index in [0.717, 1.165) is 39.2 Å². The maximum atomic E-state index is 11.6. The number of nitrogens with two attached hydrogens (primary N) is 1. The van der Waals surface area contributed by atoms with Crippen LogP contribution in [-0.4, -0.2) is 30.7 Å². The molecule has 0 fully saturated rings. The summed E-state index contributed by atoms with van der Waals surface area (Å²) in [5, 5.41) is 12.8. The number of methoxy groups -OCH3 is 1. The van der Waals surface area contributed by atoms with Gasteiger partial charge in [0.2, 0.25) is 15.9 Å². The average molecular weight is 420 g/mol. The van der Waals surface area contributed by atoms with Crippen molar-refractivity contribution in [2.45, 2.75) is 11.8 Å². The fraction of sp³-hybridized carbons (Fsp3) is 0.0909. The summed E-state index contributed by atoms with van der Waals surface area (Å²) >= 11 is 0. The van der Waals surface area contributed by atoms with E-state index >= 15 is 0 Å². The van der Waals surface area contributed by atoms with E-state index in [1.165, 1.54) is 6.07 Å². The Morgan fingerprint density at radius 1 is 0.933 bits per heavy atom. The molecule has 0 aliphatic carbocycles. The number of rotatable bonds is 5. The van der Waals surface area contributed by atoms with Crippen LogP contribution in [0.1, 0.15) is 5.69 Å². The fourth-order valence-corrected chi connectivity index (χ4v) is 3.90. The third-order valence-corrected chi connectivity index (χ3v) is 5.75. The van der Waals surface area contributed by atoms with Crippen molar-refractivity contribution in [3.8, 4) is 39.4 Å². The van der Waals surface area contributed by atoms with Crippen LogP contribution in [0, 0.1) is 6.92 Å². The van der Waals surface area contributed by atoms with Crippen molar-refractivity contribution in [3.05, 3.63) is 72.6 Å². The largest absolute Gasteiger partial charge is 0.481 e. The number of aromatic nitrogens is 3. The molecule has 0 aliphatic heterocycles. The molecule has 152 valence electrons. The van der Waals surface area contributed by atoms with E-state index in [1.54, 1.807) is 25.4 Å². The highest BCUT2D eigenvalue weighted by Gasteiger charge is 2.16. The lowest BCUT2D eigenvalue weighted by Crippen LogP contribution is -2.11. The molecule has 0 spiro atoms. The van der Waals surface area contributed by atoms with Gasteiger partial charge in [0.15, 0.2) is 0 Å². The zero-order valence-corrected chi connectivity index (χ0v) is 17.3. The van der Waals surface area contributed by atoms with Gasteiger partial charge < -0.3 is 4.74 Å². The van der Waals surface area contributed by atoms with Crippen LogP contribution in [0.5, 0.6) is 5.88 Å². The summed E-state index contributed by atoms with van der Waals surface area (Å²) in [5.74, 6) is 0.518. The number of primary sulfonamides is 1. The summed E-state index contributed by atoms with van der Waals surface area (Å²) in [6.07, 6.45) is 1.68. The van der Waals surface area contributed by atoms with Crippen LogP contribution in [0.2, 0.25) is 0 Å². The van der Waals surface area contributed by atoms with Gasteiger partial charge in [-0.1, -0.05) is 36.4 Å². The van der Waals surface area contributed by atoms with Crippen LogP contribution < -0.4 is 9.88 Å². The lowest BCUT2D eigenvalue weighted by Gasteiger charge is -2.08. The van der Waals surface area contributed by atoms with Gasteiger partial charge in [0.25, 0.3) is 0 Å². The average Bonchev–Trinajstić information content (AvgIpc) is 3.15. The number of H-pyrrole nitrogens is 1. The maximum Gasteiger partial charge on any atom is 0.238 e. The number of sulfonamides is 1. The Bertz CT molecular complexity index is 1310. The molecule has 8 heteroatoms. The van der Waals surface area contributed by atoms with E-state index in [9.17, 15) is 8.42 Å². The normalized spacial score (nSPS) is 11.4. The monoisotopic (exact) mass is 420 g/mol. The molecule has 2 aromatic carbocycles. The molecule has 0 bridgehead atoms. The molecule has 4 aromatic rings. The molecule has 30 heavy (non-hydrogen) atoms. The smallest absolute Gasteiger partial charge is 0.238 e. The van der Waals surface area contributed by atoms with Gasteiger partial charge >= 0.3 is 0 Å². The molecule has 0 amide bonds. The third kappa shape index (κ3) is 3.83. The third-order valence-electron chi connectivity index (χ3n) is 4.83. The lowest BCUT2D eigenvalue weighted by molar-refractivity contribution is 0.398. The Labute approximate surface area is 174 Å². The number of nitrogens with zero attached hydrogens (tertiary/aromatic N) is 2. The van der Waals surface area contributed by atoms with Crippen molar-refractivity contribution < 1.29 is 13.2 Å². The predicted octanol–water partition coefficient (Wildman–Crippen LogP) is 3.77. The number of benzene rings is 2. The zero-order chi connectivity index (χ0) is 21.3. The molecule has 0 saturated carbocycles. The van der Waals surface area contributed by atoms with Crippen molar-refractivity contribution in [1.29, 1.82) is 0 Å². The highest BCUT2D eigenvalue weighted by atomic mass is 32.2. The van der Waals surface area contributed by atoms with Crippen LogP contribution in [0.25, 0.3) is 33.5 Å². The van der Waals surface area contributed by atoms with Crippen molar-refractivity contribution in [2.75, 3.05) is 7.11 Å². The van der Waals surface area contributed by atoms with Crippen LogP contribution in [0.15, 0.2) is 71.8 Å². The Hall–Kier alpha value is -3.49. The second-order valence-electron chi connectivity index (χ2n) is 6.81. The molecule has 2 heterocycles. The van der Waals surface area contributed by atoms with Crippen LogP contribution >= 0.6 is 0 Å². The van der Waals surface area contributed by atoms with E-state index in [1.807, 2.05) is 49.4 Å². The molecule has 4 rings (SSSR count). The van der Waals surface area contributed by atoms with Gasteiger partial charge in [0.05, 0.1) is 12.0 Å². The number of nitrogens with one attached hydrogen (secondary N) is 1. The van der Waals surface area contributed by atoms with Gasteiger partial charge in [-0.15, -0.1) is 0 Å². The van der Waals surface area contributed by atoms with Crippen molar-refractivity contribution in [2.24, 2.45) is 5.14 Å². The first-order chi connectivity index (χ1) is 14.4. The van der Waals surface area contributed by atoms with E-state index in [4.69, 9.17) is 9.88 Å². The Kier molecular flexibility index (Phi) is 5.11. The standard InChI is InChI=1S/C22H20N4O3S/c1-14-21(22(26-25-14)18-10-11-24-20(13-18)29-2)16-8-6-15(7-9-16)17-4-3-5-19(12-17)30(23,27)28/h3-13H,1-2H3,(H,25,26)(H2,23,27,28). The fourth-order valence-electron chi connectivity index (χ4n) is 3.34. The van der Waals surface area contributed by atoms with Gasteiger partial charge in [-0.2, -0.15) is 5.10 Å². The van der Waals surface area contributed by atoms with Crippen molar-refractivity contribution in [1.82, 2.24) is 15.2 Å². The maximum absolute atomic E-state index is 11.6. The summed E-state index contributed by atoms with van der Waals surface area (Å²) in [6, 6.07) is 18.2. The molecule has 3 N–H and O–H groups in total.